The fourth-order valence-electron chi connectivity index (χ4n) is 3.60. The van der Waals surface area contributed by atoms with E-state index in [1.165, 1.54) is 24.0 Å². The van der Waals surface area contributed by atoms with Gasteiger partial charge in [0.15, 0.2) is 8.24 Å². The second-order valence-corrected chi connectivity index (χ2v) is 27.6. The first-order chi connectivity index (χ1) is 14.6. The summed E-state index contributed by atoms with van der Waals surface area (Å²) in [5.41, 5.74) is 1.16. The molecule has 1 nitrogen and oxygen atoms in total. The number of para-hydroxylation sites is 1. The molecule has 6 heteroatoms. The highest BCUT2D eigenvalue weighted by atomic mass is 35.5. The predicted octanol–water partition coefficient (Wildman–Crippen LogP) is 7.98. The molecular formula is C25H32ClNP2Si2. The molecule has 0 fully saturated rings. The van der Waals surface area contributed by atoms with Crippen molar-refractivity contribution in [1.82, 2.24) is 0 Å². The van der Waals surface area contributed by atoms with Gasteiger partial charge in [-0.05, 0) is 33.1 Å². The molecule has 0 saturated carbocycles. The second kappa shape index (κ2) is 10.2. The number of halogens is 1. The van der Waals surface area contributed by atoms with Crippen molar-refractivity contribution in [3.8, 4) is 0 Å². The van der Waals surface area contributed by atoms with E-state index in [0.29, 0.717) is 0 Å². The fraction of sp³-hybridized carbons (Fsp3) is 0.240. The van der Waals surface area contributed by atoms with Crippen LogP contribution in [-0.4, -0.2) is 21.1 Å². The average Bonchev–Trinajstić information content (AvgIpc) is 2.69. The van der Waals surface area contributed by atoms with Crippen molar-refractivity contribution in [2.45, 2.75) is 39.3 Å². The topological polar surface area (TPSA) is 3.24 Å². The van der Waals surface area contributed by atoms with Gasteiger partial charge < -0.3 is 4.57 Å². The van der Waals surface area contributed by atoms with Gasteiger partial charge in [-0.1, -0.05) is 124 Å². The minimum atomic E-state index is -1.81. The Hall–Kier alpha value is -1.22. The Bertz CT molecular complexity index is 1030. The second-order valence-electron chi connectivity index (χ2n) is 9.55. The molecule has 31 heavy (non-hydrogen) atoms. The third kappa shape index (κ3) is 6.18. The zero-order chi connectivity index (χ0) is 22.6. The lowest BCUT2D eigenvalue weighted by Gasteiger charge is -2.44. The predicted molar refractivity (Wildman–Crippen MR) is 152 cm³/mol. The quantitative estimate of drug-likeness (QED) is 0.235. The van der Waals surface area contributed by atoms with E-state index in [1.807, 2.05) is 12.1 Å². The van der Waals surface area contributed by atoms with E-state index in [4.69, 9.17) is 11.6 Å². The molecule has 0 aliphatic heterocycles. The van der Waals surface area contributed by atoms with Gasteiger partial charge in [-0.3, -0.25) is 0 Å². The van der Waals surface area contributed by atoms with E-state index in [2.05, 4.69) is 117 Å². The van der Waals surface area contributed by atoms with Crippen LogP contribution < -0.4 is 15.2 Å². The van der Waals surface area contributed by atoms with Gasteiger partial charge in [0.1, 0.15) is 0 Å². The Labute approximate surface area is 198 Å². The monoisotopic (exact) mass is 499 g/mol. The number of nitrogens with zero attached hydrogens (tertiary/aromatic N) is 1. The van der Waals surface area contributed by atoms with Crippen LogP contribution in [0.25, 0.3) is 0 Å². The first kappa shape index (κ1) is 24.4. The molecule has 3 aromatic carbocycles. The molecule has 3 rings (SSSR count). The van der Waals surface area contributed by atoms with Crippen molar-refractivity contribution in [1.29, 1.82) is 0 Å². The molecular weight excluding hydrogens is 468 g/mol. The lowest BCUT2D eigenvalue weighted by atomic mass is 10.3. The molecule has 0 heterocycles. The molecule has 0 aliphatic carbocycles. The number of hydrogen-bond donors (Lipinski definition) is 0. The van der Waals surface area contributed by atoms with Gasteiger partial charge in [-0.2, -0.15) is 0 Å². The van der Waals surface area contributed by atoms with Crippen LogP contribution in [-0.2, 0) is 0 Å². The standard InChI is InChI=1S/C25H32ClNP2Si2/c1-30(2,3)27(24-20-14-13-19-23(24)26)25(28-21-15-9-7-10-16-21)29(31(4,5)6)22-17-11-8-12-18-22/h7-20H,1-6H3. The minimum Gasteiger partial charge on any atom is -0.364 e. The summed E-state index contributed by atoms with van der Waals surface area (Å²) >= 11 is 6.82. The number of rotatable bonds is 7. The van der Waals surface area contributed by atoms with E-state index >= 15 is 0 Å². The molecule has 0 saturated heterocycles. The zero-order valence-corrected chi connectivity index (χ0v) is 23.8. The highest BCUT2D eigenvalue weighted by Gasteiger charge is 2.39. The first-order valence-electron chi connectivity index (χ1n) is 10.6. The van der Waals surface area contributed by atoms with Crippen LogP contribution in [0.15, 0.2) is 84.9 Å². The summed E-state index contributed by atoms with van der Waals surface area (Å²) in [6.45, 7) is 14.8. The Morgan fingerprint density at radius 2 is 1.26 bits per heavy atom. The van der Waals surface area contributed by atoms with Gasteiger partial charge in [-0.15, -0.1) is 0 Å². The third-order valence-electron chi connectivity index (χ3n) is 4.83. The summed E-state index contributed by atoms with van der Waals surface area (Å²) in [4.78, 5) is 0. The smallest absolute Gasteiger partial charge is 0.154 e. The van der Waals surface area contributed by atoms with Crippen molar-refractivity contribution in [2.24, 2.45) is 0 Å². The van der Waals surface area contributed by atoms with Crippen molar-refractivity contribution in [3.63, 3.8) is 0 Å². The maximum atomic E-state index is 6.82. The lowest BCUT2D eigenvalue weighted by molar-refractivity contribution is 1.42. The molecule has 0 bridgehead atoms. The summed E-state index contributed by atoms with van der Waals surface area (Å²) in [5.74, 6) is 0. The summed E-state index contributed by atoms with van der Waals surface area (Å²) in [6.07, 6.45) is 0. The Balaban J connectivity index is 2.34. The SMILES string of the molecule is C[Si](C)(C)N(C(=Pc1ccccc1)P(c1ccccc1)[Si](C)(C)C)c1ccccc1Cl. The maximum Gasteiger partial charge on any atom is 0.154 e. The van der Waals surface area contributed by atoms with Gasteiger partial charge in [0.25, 0.3) is 0 Å². The van der Waals surface area contributed by atoms with Crippen molar-refractivity contribution >= 4 is 64.7 Å². The fourth-order valence-corrected chi connectivity index (χ4v) is 20.2. The summed E-state index contributed by atoms with van der Waals surface area (Å²) < 4.78 is 2.67. The van der Waals surface area contributed by atoms with Gasteiger partial charge in [-0.25, -0.2) is 0 Å². The zero-order valence-electron chi connectivity index (χ0n) is 19.3. The molecule has 1 atom stereocenters. The summed E-state index contributed by atoms with van der Waals surface area (Å²) in [6, 6.07) is 30.4. The van der Waals surface area contributed by atoms with Crippen LogP contribution in [0.1, 0.15) is 0 Å². The van der Waals surface area contributed by atoms with Crippen molar-refractivity contribution in [2.75, 3.05) is 4.57 Å². The van der Waals surface area contributed by atoms with Crippen LogP contribution in [0.4, 0.5) is 5.69 Å². The average molecular weight is 500 g/mol. The highest BCUT2D eigenvalue weighted by Crippen LogP contribution is 2.52. The van der Waals surface area contributed by atoms with Crippen LogP contribution in [0.5, 0.6) is 0 Å². The largest absolute Gasteiger partial charge is 0.364 e. The Morgan fingerprint density at radius 3 is 1.77 bits per heavy atom. The third-order valence-corrected chi connectivity index (χ3v) is 17.9. The van der Waals surface area contributed by atoms with Gasteiger partial charge >= 0.3 is 0 Å². The Morgan fingerprint density at radius 1 is 0.742 bits per heavy atom. The summed E-state index contributed by atoms with van der Waals surface area (Å²) in [5, 5.41) is 5.18. The normalized spacial score (nSPS) is 13.7. The van der Waals surface area contributed by atoms with E-state index in [9.17, 15) is 0 Å². The van der Waals surface area contributed by atoms with Crippen LogP contribution in [0, 0.1) is 0 Å². The Kier molecular flexibility index (Phi) is 8.00. The molecule has 0 amide bonds. The van der Waals surface area contributed by atoms with E-state index in [1.54, 1.807) is 0 Å². The molecule has 1 unspecified atom stereocenters. The molecule has 0 aliphatic rings. The molecule has 162 valence electrons. The lowest BCUT2D eigenvalue weighted by Crippen LogP contribution is -2.51. The molecule has 0 aromatic heterocycles. The number of anilines is 1. The van der Waals surface area contributed by atoms with Gasteiger partial charge in [0.05, 0.1) is 23.6 Å². The molecule has 0 radical (unpaired) electrons. The van der Waals surface area contributed by atoms with Gasteiger partial charge in [0.2, 0.25) is 0 Å². The number of hydrogen-bond acceptors (Lipinski definition) is 0. The maximum absolute atomic E-state index is 6.82. The molecule has 3 aromatic rings. The molecule has 0 N–H and O–H groups in total. The minimum absolute atomic E-state index is 0.478. The van der Waals surface area contributed by atoms with E-state index in [0.717, 1.165) is 10.7 Å². The highest BCUT2D eigenvalue weighted by molar-refractivity contribution is 8.15. The first-order valence-corrected chi connectivity index (χ1v) is 21.0. The van der Waals surface area contributed by atoms with Crippen molar-refractivity contribution < 1.29 is 0 Å². The van der Waals surface area contributed by atoms with Gasteiger partial charge in [0, 0.05) is 5.30 Å². The summed E-state index contributed by atoms with van der Waals surface area (Å²) in [7, 11) is -2.58. The van der Waals surface area contributed by atoms with E-state index < -0.39 is 23.4 Å². The van der Waals surface area contributed by atoms with Crippen LogP contribution in [0.3, 0.4) is 0 Å². The van der Waals surface area contributed by atoms with Crippen LogP contribution >= 0.6 is 27.3 Å². The number of benzene rings is 3. The van der Waals surface area contributed by atoms with E-state index in [-0.39, 0.29) is 0 Å². The molecule has 0 spiro atoms. The van der Waals surface area contributed by atoms with Crippen molar-refractivity contribution in [3.05, 3.63) is 90.0 Å². The van der Waals surface area contributed by atoms with Crippen LogP contribution in [0.2, 0.25) is 44.3 Å².